The number of nitro benzene ring substituents is 1. The van der Waals surface area contributed by atoms with Crippen molar-refractivity contribution in [2.75, 3.05) is 5.32 Å². The Hall–Kier alpha value is -1.44. The molecule has 0 spiro atoms. The van der Waals surface area contributed by atoms with E-state index in [0.29, 0.717) is 5.69 Å². The van der Waals surface area contributed by atoms with E-state index in [1.54, 1.807) is 0 Å². The Morgan fingerprint density at radius 1 is 1.17 bits per heavy atom. The molecule has 1 amide bonds. The average Bonchev–Trinajstić information content (AvgIpc) is 2.27. The fourth-order valence-corrected chi connectivity index (χ4v) is 1.11. The minimum absolute atomic E-state index is 0. The molecule has 1 rings (SSSR count). The van der Waals surface area contributed by atoms with Crippen LogP contribution in [0.2, 0.25) is 0 Å². The minimum atomic E-state index is -1.30. The number of aliphatic carboxylic acids is 1. The van der Waals surface area contributed by atoms with Crippen LogP contribution in [0.15, 0.2) is 24.3 Å². The van der Waals surface area contributed by atoms with Crippen molar-refractivity contribution in [3.63, 3.8) is 0 Å². The summed E-state index contributed by atoms with van der Waals surface area (Å²) in [6.07, 6.45) is -0.557. The van der Waals surface area contributed by atoms with Crippen molar-refractivity contribution in [1.82, 2.24) is 0 Å². The fraction of sp³-hybridized carbons (Fsp3) is 0.200. The van der Waals surface area contributed by atoms with E-state index in [4.69, 9.17) is 0 Å². The van der Waals surface area contributed by atoms with Crippen LogP contribution in [0.3, 0.4) is 0 Å². The number of anilines is 1. The van der Waals surface area contributed by atoms with E-state index in [-0.39, 0.29) is 48.1 Å². The third kappa shape index (κ3) is 5.76. The van der Waals surface area contributed by atoms with E-state index in [1.165, 1.54) is 24.3 Å². The first-order valence-corrected chi connectivity index (χ1v) is 4.73. The minimum Gasteiger partial charge on any atom is -0.550 e. The number of carbonyl (C=O) groups is 2. The largest absolute Gasteiger partial charge is 1.00 e. The quantitative estimate of drug-likeness (QED) is 0.346. The normalized spacial score (nSPS) is 9.11. The number of nitrogens with one attached hydrogen (secondary N) is 1. The summed E-state index contributed by atoms with van der Waals surface area (Å²) in [7, 11) is 0. The fourth-order valence-electron chi connectivity index (χ4n) is 1.11. The Kier molecular flexibility index (Phi) is 7.18. The van der Waals surface area contributed by atoms with Gasteiger partial charge in [-0.25, -0.2) is 0 Å². The van der Waals surface area contributed by atoms with Crippen molar-refractivity contribution < 1.29 is 49.2 Å². The summed E-state index contributed by atoms with van der Waals surface area (Å²) in [5.41, 5.74) is 0.289. The second-order valence-corrected chi connectivity index (χ2v) is 3.22. The van der Waals surface area contributed by atoms with Gasteiger partial charge in [0, 0.05) is 30.2 Å². The molecule has 1 N–H and O–H groups in total. The summed E-state index contributed by atoms with van der Waals surface area (Å²) in [6.45, 7) is 0. The van der Waals surface area contributed by atoms with Crippen LogP contribution in [0.1, 0.15) is 12.8 Å². The molecule has 0 bridgehead atoms. The van der Waals surface area contributed by atoms with E-state index in [1.807, 2.05) is 0 Å². The molecule has 0 saturated heterocycles. The Labute approximate surface area is 125 Å². The monoisotopic (exact) mass is 260 g/mol. The summed E-state index contributed by atoms with van der Waals surface area (Å²) in [5.74, 6) is -1.79. The van der Waals surface area contributed by atoms with Crippen molar-refractivity contribution in [2.45, 2.75) is 12.8 Å². The van der Waals surface area contributed by atoms with Gasteiger partial charge in [-0.15, -0.1) is 0 Å². The number of carbonyl (C=O) groups excluding carboxylic acids is 2. The van der Waals surface area contributed by atoms with Crippen LogP contribution in [0, 0.1) is 10.1 Å². The molecule has 7 nitrogen and oxygen atoms in total. The van der Waals surface area contributed by atoms with Crippen molar-refractivity contribution >= 4 is 23.3 Å². The Morgan fingerprint density at radius 3 is 2.17 bits per heavy atom. The average molecular weight is 260 g/mol. The maximum atomic E-state index is 11.2. The second kappa shape index (κ2) is 7.80. The van der Waals surface area contributed by atoms with Crippen LogP contribution in [0.5, 0.6) is 0 Å². The van der Waals surface area contributed by atoms with E-state index in [2.05, 4.69) is 5.32 Å². The van der Waals surface area contributed by atoms with Crippen LogP contribution in [-0.2, 0) is 9.59 Å². The number of nitrogens with zero attached hydrogens (tertiary/aromatic N) is 1. The summed E-state index contributed by atoms with van der Waals surface area (Å²) < 4.78 is 0. The van der Waals surface area contributed by atoms with Crippen molar-refractivity contribution in [2.24, 2.45) is 0 Å². The van der Waals surface area contributed by atoms with Crippen LogP contribution in [-0.4, -0.2) is 16.8 Å². The summed E-state index contributed by atoms with van der Waals surface area (Å²) in [4.78, 5) is 31.1. The van der Waals surface area contributed by atoms with E-state index in [9.17, 15) is 24.8 Å². The first-order valence-electron chi connectivity index (χ1n) is 4.73. The van der Waals surface area contributed by atoms with Crippen LogP contribution < -0.4 is 40.0 Å². The first kappa shape index (κ1) is 16.6. The van der Waals surface area contributed by atoms with E-state index in [0.717, 1.165) is 0 Å². The number of rotatable bonds is 5. The standard InChI is InChI=1S/C10H10N2O5.Na/c13-9(5-6-10(14)15)11-7-1-3-8(4-2-7)12(16)17;/h1-4H,5-6H2,(H,11,13)(H,14,15);/q;+1/p-1. The van der Waals surface area contributed by atoms with Gasteiger partial charge in [0.05, 0.1) is 4.92 Å². The number of carboxylic acid groups (broad SMARTS) is 1. The molecule has 18 heavy (non-hydrogen) atoms. The zero-order valence-electron chi connectivity index (χ0n) is 9.71. The Morgan fingerprint density at radius 2 is 1.72 bits per heavy atom. The third-order valence-corrected chi connectivity index (χ3v) is 1.92. The summed E-state index contributed by atoms with van der Waals surface area (Å²) in [5, 5.41) is 22.9. The van der Waals surface area contributed by atoms with Gasteiger partial charge in [0.15, 0.2) is 0 Å². The molecule has 0 unspecified atom stereocenters. The summed E-state index contributed by atoms with van der Waals surface area (Å²) in [6, 6.07) is 5.23. The van der Waals surface area contributed by atoms with Crippen LogP contribution >= 0.6 is 0 Å². The molecule has 0 aliphatic rings. The topological polar surface area (TPSA) is 112 Å². The molecular formula is C10H9N2NaO5. The smallest absolute Gasteiger partial charge is 0.550 e. The molecular weight excluding hydrogens is 251 g/mol. The number of carboxylic acids is 1. The molecule has 0 saturated carbocycles. The number of non-ortho nitro benzene ring substituents is 1. The third-order valence-electron chi connectivity index (χ3n) is 1.92. The zero-order valence-corrected chi connectivity index (χ0v) is 11.7. The van der Waals surface area contributed by atoms with E-state index >= 15 is 0 Å². The van der Waals surface area contributed by atoms with Gasteiger partial charge in [-0.3, -0.25) is 14.9 Å². The molecule has 0 heterocycles. The molecule has 1 aromatic carbocycles. The number of nitro groups is 1. The maximum Gasteiger partial charge on any atom is 1.00 e. The van der Waals surface area contributed by atoms with Gasteiger partial charge in [-0.2, -0.15) is 0 Å². The molecule has 8 heteroatoms. The zero-order chi connectivity index (χ0) is 12.8. The maximum absolute atomic E-state index is 11.2. The SMILES string of the molecule is O=C([O-])CCC(=O)Nc1ccc([N+](=O)[O-])cc1.[Na+]. The number of amides is 1. The van der Waals surface area contributed by atoms with E-state index < -0.39 is 16.8 Å². The Balaban J connectivity index is 0.00000289. The predicted octanol–water partition coefficient (Wildman–Crippen LogP) is -2.93. The van der Waals surface area contributed by atoms with Crippen molar-refractivity contribution in [3.05, 3.63) is 34.4 Å². The molecule has 0 aromatic heterocycles. The predicted molar refractivity (Wildman–Crippen MR) is 56.0 cm³/mol. The van der Waals surface area contributed by atoms with Gasteiger partial charge in [-0.05, 0) is 18.6 Å². The molecule has 0 aliphatic heterocycles. The Bertz CT molecular complexity index is 446. The second-order valence-electron chi connectivity index (χ2n) is 3.22. The molecule has 0 atom stereocenters. The molecule has 1 aromatic rings. The van der Waals surface area contributed by atoms with Gasteiger partial charge in [-0.1, -0.05) is 0 Å². The summed E-state index contributed by atoms with van der Waals surface area (Å²) >= 11 is 0. The van der Waals surface area contributed by atoms with Crippen LogP contribution in [0.4, 0.5) is 11.4 Å². The van der Waals surface area contributed by atoms with Gasteiger partial charge >= 0.3 is 29.6 Å². The number of hydrogen-bond acceptors (Lipinski definition) is 5. The van der Waals surface area contributed by atoms with Crippen LogP contribution in [0.25, 0.3) is 0 Å². The number of hydrogen-bond donors (Lipinski definition) is 1. The van der Waals surface area contributed by atoms with Gasteiger partial charge in [0.25, 0.3) is 5.69 Å². The van der Waals surface area contributed by atoms with Gasteiger partial charge in [0.1, 0.15) is 0 Å². The first-order chi connectivity index (χ1) is 7.99. The molecule has 0 aliphatic carbocycles. The van der Waals surface area contributed by atoms with Crippen molar-refractivity contribution in [3.8, 4) is 0 Å². The number of benzene rings is 1. The molecule has 0 fully saturated rings. The van der Waals surface area contributed by atoms with Gasteiger partial charge in [0.2, 0.25) is 5.91 Å². The van der Waals surface area contributed by atoms with Crippen molar-refractivity contribution in [1.29, 1.82) is 0 Å². The van der Waals surface area contributed by atoms with Gasteiger partial charge < -0.3 is 15.2 Å². The molecule has 0 radical (unpaired) electrons. The molecule has 90 valence electrons.